The van der Waals surface area contributed by atoms with E-state index in [4.69, 9.17) is 0 Å². The summed E-state index contributed by atoms with van der Waals surface area (Å²) in [6.07, 6.45) is 1.28. The number of carbonyl (C=O) groups is 1. The van der Waals surface area contributed by atoms with Crippen molar-refractivity contribution in [2.75, 3.05) is 13.1 Å². The topological polar surface area (TPSA) is 66.5 Å². The summed E-state index contributed by atoms with van der Waals surface area (Å²) in [4.78, 5) is 11.4. The molecule has 2 saturated heterocycles. The van der Waals surface area contributed by atoms with Crippen molar-refractivity contribution in [2.24, 2.45) is 5.92 Å². The molecule has 2 aliphatic heterocycles. The van der Waals surface area contributed by atoms with Gasteiger partial charge in [-0.05, 0) is 31.0 Å². The second kappa shape index (κ2) is 5.33. The number of hydrogen-bond donors (Lipinski definition) is 1. The average molecular weight is 377 g/mol. The van der Waals surface area contributed by atoms with Crippen molar-refractivity contribution in [3.8, 4) is 0 Å². The molecule has 21 heavy (non-hydrogen) atoms. The number of piperidine rings is 1. The van der Waals surface area contributed by atoms with E-state index in [-0.39, 0.29) is 16.7 Å². The van der Waals surface area contributed by atoms with E-state index < -0.39 is 21.9 Å². The fourth-order valence-electron chi connectivity index (χ4n) is 3.02. The fraction of sp³-hybridized carbons (Fsp3) is 0.462. The van der Waals surface area contributed by atoms with Crippen molar-refractivity contribution in [3.63, 3.8) is 0 Å². The minimum atomic E-state index is -3.94. The van der Waals surface area contributed by atoms with Crippen molar-refractivity contribution >= 4 is 31.9 Å². The first-order valence-corrected chi connectivity index (χ1v) is 8.89. The lowest BCUT2D eigenvalue weighted by molar-refractivity contribution is -0.123. The van der Waals surface area contributed by atoms with Crippen LogP contribution in [0, 0.1) is 11.7 Å². The maximum Gasteiger partial charge on any atom is 0.246 e. The Morgan fingerprint density at radius 1 is 1.38 bits per heavy atom. The number of benzene rings is 1. The molecule has 114 valence electrons. The highest BCUT2D eigenvalue weighted by molar-refractivity contribution is 9.10. The van der Waals surface area contributed by atoms with E-state index in [0.717, 1.165) is 6.07 Å². The maximum atomic E-state index is 14.0. The average Bonchev–Trinajstić information content (AvgIpc) is 2.80. The van der Waals surface area contributed by atoms with Crippen molar-refractivity contribution < 1.29 is 17.6 Å². The summed E-state index contributed by atoms with van der Waals surface area (Å²) >= 11 is 3.11. The van der Waals surface area contributed by atoms with E-state index in [1.165, 1.54) is 16.4 Å². The summed E-state index contributed by atoms with van der Waals surface area (Å²) in [5.41, 5.74) is 0. The smallest absolute Gasteiger partial charge is 0.246 e. The van der Waals surface area contributed by atoms with Gasteiger partial charge in [-0.3, -0.25) is 4.79 Å². The minimum absolute atomic E-state index is 0.115. The van der Waals surface area contributed by atoms with E-state index in [2.05, 4.69) is 21.2 Å². The zero-order valence-electron chi connectivity index (χ0n) is 11.1. The number of amides is 1. The van der Waals surface area contributed by atoms with Gasteiger partial charge in [0.25, 0.3) is 0 Å². The largest absolute Gasteiger partial charge is 0.354 e. The lowest BCUT2D eigenvalue weighted by Gasteiger charge is -2.34. The molecule has 2 aliphatic rings. The van der Waals surface area contributed by atoms with Crippen LogP contribution in [0.25, 0.3) is 0 Å². The zero-order valence-corrected chi connectivity index (χ0v) is 13.5. The van der Waals surface area contributed by atoms with Crippen LogP contribution in [-0.4, -0.2) is 37.8 Å². The molecule has 5 nitrogen and oxygen atoms in total. The SMILES string of the molecule is O=C1NCC2C1CCCN2S(=O)(=O)c1ccc(Br)cc1F. The van der Waals surface area contributed by atoms with Crippen LogP contribution in [-0.2, 0) is 14.8 Å². The zero-order chi connectivity index (χ0) is 15.2. The number of halogens is 2. The van der Waals surface area contributed by atoms with Gasteiger partial charge in [-0.2, -0.15) is 4.31 Å². The second-order valence-corrected chi connectivity index (χ2v) is 8.03. The van der Waals surface area contributed by atoms with Gasteiger partial charge in [0.1, 0.15) is 10.7 Å². The third kappa shape index (κ3) is 2.49. The molecule has 1 amide bonds. The molecule has 0 saturated carbocycles. The Balaban J connectivity index is 1.99. The molecule has 0 radical (unpaired) electrons. The van der Waals surface area contributed by atoms with Gasteiger partial charge in [0.2, 0.25) is 15.9 Å². The number of carbonyl (C=O) groups excluding carboxylic acids is 1. The van der Waals surface area contributed by atoms with Gasteiger partial charge >= 0.3 is 0 Å². The van der Waals surface area contributed by atoms with Crippen LogP contribution in [0.2, 0.25) is 0 Å². The predicted octanol–water partition coefficient (Wildman–Crippen LogP) is 1.49. The molecule has 0 aromatic heterocycles. The van der Waals surface area contributed by atoms with Gasteiger partial charge < -0.3 is 5.32 Å². The molecule has 1 aromatic rings. The second-order valence-electron chi connectivity index (χ2n) is 5.25. The first kappa shape index (κ1) is 14.9. The first-order valence-electron chi connectivity index (χ1n) is 6.66. The summed E-state index contributed by atoms with van der Waals surface area (Å²) in [5, 5.41) is 2.69. The monoisotopic (exact) mass is 376 g/mol. The van der Waals surface area contributed by atoms with Crippen LogP contribution in [0.4, 0.5) is 4.39 Å². The number of nitrogens with zero attached hydrogens (tertiary/aromatic N) is 1. The minimum Gasteiger partial charge on any atom is -0.354 e. The molecule has 8 heteroatoms. The number of hydrogen-bond acceptors (Lipinski definition) is 3. The van der Waals surface area contributed by atoms with Gasteiger partial charge in [-0.15, -0.1) is 0 Å². The molecular weight excluding hydrogens is 363 g/mol. The van der Waals surface area contributed by atoms with Gasteiger partial charge in [0.05, 0.1) is 12.0 Å². The Labute approximate surface area is 130 Å². The van der Waals surface area contributed by atoms with Crippen LogP contribution in [0.3, 0.4) is 0 Å². The van der Waals surface area contributed by atoms with Crippen LogP contribution in [0.5, 0.6) is 0 Å². The lowest BCUT2D eigenvalue weighted by atomic mass is 9.93. The highest BCUT2D eigenvalue weighted by Gasteiger charge is 2.46. The molecule has 1 N–H and O–H groups in total. The summed E-state index contributed by atoms with van der Waals surface area (Å²) in [5.74, 6) is -1.23. The normalized spacial score (nSPS) is 26.5. The molecule has 0 spiro atoms. The molecule has 2 heterocycles. The van der Waals surface area contributed by atoms with E-state index >= 15 is 0 Å². The summed E-state index contributed by atoms with van der Waals surface area (Å²) in [6.45, 7) is 0.606. The van der Waals surface area contributed by atoms with E-state index in [1.807, 2.05) is 0 Å². The Bertz CT molecular complexity index is 695. The molecular formula is C13H14BrFN2O3S. The summed E-state index contributed by atoms with van der Waals surface area (Å²) in [7, 11) is -3.94. The molecule has 3 rings (SSSR count). The first-order chi connectivity index (χ1) is 9.91. The number of fused-ring (bicyclic) bond motifs is 1. The highest BCUT2D eigenvalue weighted by atomic mass is 79.9. The van der Waals surface area contributed by atoms with E-state index in [9.17, 15) is 17.6 Å². The molecule has 0 aliphatic carbocycles. The standard InChI is InChI=1S/C13H14BrFN2O3S/c14-8-3-4-12(10(15)6-8)21(19,20)17-5-1-2-9-11(17)7-16-13(9)18/h3-4,6,9,11H,1-2,5,7H2,(H,16,18). The maximum absolute atomic E-state index is 14.0. The highest BCUT2D eigenvalue weighted by Crippen LogP contribution is 2.33. The molecule has 2 fully saturated rings. The van der Waals surface area contributed by atoms with Crippen molar-refractivity contribution in [2.45, 2.75) is 23.8 Å². The van der Waals surface area contributed by atoms with Crippen LogP contribution < -0.4 is 5.32 Å². The Morgan fingerprint density at radius 3 is 2.86 bits per heavy atom. The van der Waals surface area contributed by atoms with Crippen LogP contribution in [0.15, 0.2) is 27.6 Å². The third-order valence-corrected chi connectivity index (χ3v) is 6.48. The number of nitrogens with one attached hydrogen (secondary N) is 1. The molecule has 2 unspecified atom stereocenters. The number of rotatable bonds is 2. The van der Waals surface area contributed by atoms with Gasteiger partial charge in [0, 0.05) is 17.6 Å². The van der Waals surface area contributed by atoms with Gasteiger partial charge in [0.15, 0.2) is 0 Å². The van der Waals surface area contributed by atoms with Gasteiger partial charge in [-0.1, -0.05) is 15.9 Å². The molecule has 1 aromatic carbocycles. The molecule has 0 bridgehead atoms. The Morgan fingerprint density at radius 2 is 2.14 bits per heavy atom. The van der Waals surface area contributed by atoms with Crippen LogP contribution >= 0.6 is 15.9 Å². The van der Waals surface area contributed by atoms with E-state index in [1.54, 1.807) is 0 Å². The Hall–Kier alpha value is -0.990. The number of sulfonamides is 1. The summed E-state index contributed by atoms with van der Waals surface area (Å²) < 4.78 is 41.2. The van der Waals surface area contributed by atoms with E-state index in [0.29, 0.717) is 30.4 Å². The summed E-state index contributed by atoms with van der Waals surface area (Å²) in [6, 6.07) is 3.46. The quantitative estimate of drug-likeness (QED) is 0.849. The van der Waals surface area contributed by atoms with Crippen molar-refractivity contribution in [3.05, 3.63) is 28.5 Å². The fourth-order valence-corrected chi connectivity index (χ4v) is 5.10. The van der Waals surface area contributed by atoms with Crippen molar-refractivity contribution in [1.29, 1.82) is 0 Å². The Kier molecular flexibility index (Phi) is 3.79. The van der Waals surface area contributed by atoms with Crippen LogP contribution in [0.1, 0.15) is 12.8 Å². The third-order valence-electron chi connectivity index (χ3n) is 4.03. The predicted molar refractivity (Wildman–Crippen MR) is 77.5 cm³/mol. The lowest BCUT2D eigenvalue weighted by Crippen LogP contribution is -2.48. The molecule has 2 atom stereocenters. The van der Waals surface area contributed by atoms with Gasteiger partial charge in [-0.25, -0.2) is 12.8 Å². The van der Waals surface area contributed by atoms with Crippen molar-refractivity contribution in [1.82, 2.24) is 9.62 Å².